The predicted molar refractivity (Wildman–Crippen MR) is 100 cm³/mol. The van der Waals surface area contributed by atoms with Gasteiger partial charge in [0.05, 0.1) is 5.69 Å². The molecule has 0 fully saturated rings. The van der Waals surface area contributed by atoms with Gasteiger partial charge >= 0.3 is 6.09 Å². The van der Waals surface area contributed by atoms with Gasteiger partial charge in [-0.1, -0.05) is 42.5 Å². The zero-order valence-electron chi connectivity index (χ0n) is 14.0. The highest BCUT2D eigenvalue weighted by molar-refractivity contribution is 6.09. The van der Waals surface area contributed by atoms with E-state index in [9.17, 15) is 14.8 Å². The third kappa shape index (κ3) is 4.69. The number of carbonyl (C=O) groups excluding carboxylic acids is 2. The summed E-state index contributed by atoms with van der Waals surface area (Å²) in [6.45, 7) is 0. The second kappa shape index (κ2) is 8.13. The maximum absolute atomic E-state index is 12.5. The van der Waals surface area contributed by atoms with E-state index in [2.05, 4.69) is 5.32 Å². The van der Waals surface area contributed by atoms with Crippen molar-refractivity contribution in [3.63, 3.8) is 0 Å². The molecule has 0 aliphatic heterocycles. The first kappa shape index (κ1) is 18.1. The van der Waals surface area contributed by atoms with Crippen molar-refractivity contribution in [1.29, 1.82) is 0 Å². The van der Waals surface area contributed by atoms with Crippen molar-refractivity contribution in [2.24, 2.45) is 0 Å². The average Bonchev–Trinajstić information content (AvgIpc) is 2.68. The molecule has 3 aromatic rings. The first-order chi connectivity index (χ1) is 13.0. The Morgan fingerprint density at radius 1 is 0.889 bits per heavy atom. The lowest BCUT2D eigenvalue weighted by atomic mass is 10.0. The number of amides is 1. The van der Waals surface area contributed by atoms with Crippen LogP contribution in [0, 0.1) is 5.21 Å². The van der Waals surface area contributed by atoms with Gasteiger partial charge < -0.3 is 15.2 Å². The quantitative estimate of drug-likeness (QED) is 0.520. The Hall–Kier alpha value is -3.68. The molecular formula is C20H15N2O5-. The van der Waals surface area contributed by atoms with Gasteiger partial charge in [0.1, 0.15) is 5.75 Å². The molecule has 0 saturated carbocycles. The van der Waals surface area contributed by atoms with Crippen LogP contribution < -0.4 is 15.3 Å². The van der Waals surface area contributed by atoms with Crippen LogP contribution in [0.25, 0.3) is 0 Å². The predicted octanol–water partition coefficient (Wildman–Crippen LogP) is 4.22. The summed E-state index contributed by atoms with van der Waals surface area (Å²) in [5, 5.41) is 21.8. The summed E-state index contributed by atoms with van der Waals surface area (Å²) in [6.07, 6.45) is -0.755. The second-order valence-electron chi connectivity index (χ2n) is 5.56. The van der Waals surface area contributed by atoms with Gasteiger partial charge in [0, 0.05) is 16.8 Å². The van der Waals surface area contributed by atoms with Gasteiger partial charge in [0.25, 0.3) is 0 Å². The van der Waals surface area contributed by atoms with Gasteiger partial charge in [-0.15, -0.1) is 0 Å². The number of anilines is 2. The molecule has 0 aliphatic rings. The van der Waals surface area contributed by atoms with Crippen molar-refractivity contribution in [3.05, 3.63) is 95.2 Å². The van der Waals surface area contributed by atoms with Crippen LogP contribution in [0.3, 0.4) is 0 Å². The highest BCUT2D eigenvalue weighted by Gasteiger charge is 2.11. The van der Waals surface area contributed by atoms with Crippen molar-refractivity contribution in [3.8, 4) is 5.75 Å². The van der Waals surface area contributed by atoms with E-state index < -0.39 is 6.09 Å². The molecule has 0 heterocycles. The molecule has 0 atom stereocenters. The monoisotopic (exact) mass is 363 g/mol. The first-order valence-electron chi connectivity index (χ1n) is 7.98. The van der Waals surface area contributed by atoms with Crippen molar-refractivity contribution < 1.29 is 19.5 Å². The van der Waals surface area contributed by atoms with E-state index in [1.165, 1.54) is 24.3 Å². The molecule has 1 amide bonds. The Balaban J connectivity index is 1.67. The minimum absolute atomic E-state index is 0.00915. The van der Waals surface area contributed by atoms with Crippen LogP contribution in [0.4, 0.5) is 16.2 Å². The molecule has 0 radical (unpaired) electrons. The van der Waals surface area contributed by atoms with E-state index in [-0.39, 0.29) is 22.4 Å². The van der Waals surface area contributed by atoms with Crippen LogP contribution >= 0.6 is 0 Å². The second-order valence-corrected chi connectivity index (χ2v) is 5.56. The molecule has 7 nitrogen and oxygen atoms in total. The number of hydrogen-bond acceptors (Lipinski definition) is 6. The minimum atomic E-state index is -0.755. The van der Waals surface area contributed by atoms with E-state index in [0.29, 0.717) is 16.8 Å². The third-order valence-electron chi connectivity index (χ3n) is 3.68. The van der Waals surface area contributed by atoms with Crippen molar-refractivity contribution in [2.75, 3.05) is 10.5 Å². The molecule has 0 saturated heterocycles. The van der Waals surface area contributed by atoms with Crippen LogP contribution in [0.5, 0.6) is 5.75 Å². The van der Waals surface area contributed by atoms with Crippen molar-refractivity contribution >= 4 is 23.3 Å². The van der Waals surface area contributed by atoms with Crippen molar-refractivity contribution in [1.82, 2.24) is 0 Å². The van der Waals surface area contributed by atoms with Crippen LogP contribution in [0.1, 0.15) is 15.9 Å². The normalized spacial score (nSPS) is 10.1. The summed E-state index contributed by atoms with van der Waals surface area (Å²) < 4.78 is 5.10. The molecule has 0 aromatic heterocycles. The minimum Gasteiger partial charge on any atom is -0.733 e. The molecule has 0 aliphatic carbocycles. The number of hydrogen-bond donors (Lipinski definition) is 2. The zero-order chi connectivity index (χ0) is 19.2. The summed E-state index contributed by atoms with van der Waals surface area (Å²) in [6, 6.07) is 20.7. The topological polar surface area (TPSA) is 102 Å². The molecule has 2 N–H and O–H groups in total. The fourth-order valence-electron chi connectivity index (χ4n) is 2.39. The zero-order valence-corrected chi connectivity index (χ0v) is 14.0. The van der Waals surface area contributed by atoms with Crippen LogP contribution in [0.15, 0.2) is 78.9 Å². The molecule has 136 valence electrons. The van der Waals surface area contributed by atoms with Crippen LogP contribution in [-0.4, -0.2) is 17.1 Å². The Morgan fingerprint density at radius 3 is 2.22 bits per heavy atom. The van der Waals surface area contributed by atoms with E-state index in [1.54, 1.807) is 48.5 Å². The fourth-order valence-corrected chi connectivity index (χ4v) is 2.39. The van der Waals surface area contributed by atoms with E-state index >= 15 is 0 Å². The number of benzene rings is 3. The maximum Gasteiger partial charge on any atom is 0.417 e. The lowest BCUT2D eigenvalue weighted by molar-refractivity contribution is 0.103. The van der Waals surface area contributed by atoms with E-state index in [1.807, 2.05) is 6.07 Å². The molecule has 0 unspecified atom stereocenters. The number of nitrogens with zero attached hydrogens (tertiary/aromatic N) is 1. The lowest BCUT2D eigenvalue weighted by Gasteiger charge is -2.21. The Kier molecular flexibility index (Phi) is 5.46. The van der Waals surface area contributed by atoms with E-state index in [4.69, 9.17) is 9.94 Å². The molecule has 0 bridgehead atoms. The highest BCUT2D eigenvalue weighted by Crippen LogP contribution is 2.19. The summed E-state index contributed by atoms with van der Waals surface area (Å²) in [5.74, 6) is 0.0315. The molecule has 7 heteroatoms. The molecule has 3 rings (SSSR count). The van der Waals surface area contributed by atoms with Gasteiger partial charge in [0.2, 0.25) is 0 Å². The van der Waals surface area contributed by atoms with Crippen molar-refractivity contribution in [2.45, 2.75) is 0 Å². The summed E-state index contributed by atoms with van der Waals surface area (Å²) in [4.78, 5) is 24.5. The van der Waals surface area contributed by atoms with E-state index in [0.717, 1.165) is 0 Å². The Bertz CT molecular complexity index is 940. The van der Waals surface area contributed by atoms with Gasteiger partial charge in [-0.2, -0.15) is 0 Å². The molecule has 3 aromatic carbocycles. The fraction of sp³-hybridized carbons (Fsp3) is 0. The summed E-state index contributed by atoms with van der Waals surface area (Å²) in [5.41, 5.74) is 1.39. The largest absolute Gasteiger partial charge is 0.733 e. The molecular weight excluding hydrogens is 348 g/mol. The summed E-state index contributed by atoms with van der Waals surface area (Å²) in [7, 11) is 0. The Labute approximate surface area is 155 Å². The van der Waals surface area contributed by atoms with Gasteiger partial charge in [0.15, 0.2) is 5.78 Å². The van der Waals surface area contributed by atoms with Gasteiger partial charge in [-0.25, -0.2) is 4.79 Å². The SMILES string of the molecule is O=C(Nc1cccc(C(=O)c2ccccc2)c1)Oc1ccc(N([O-])O)cc1. The van der Waals surface area contributed by atoms with Gasteiger partial charge in [-0.3, -0.25) is 15.3 Å². The number of nitrogens with one attached hydrogen (secondary N) is 1. The standard InChI is InChI=1S/C20H15N2O5/c23-19(14-5-2-1-3-6-14)15-7-4-8-16(13-15)21-20(24)27-18-11-9-17(10-12-18)22(25)26/h1-13,25H,(H,21,24)/q-1. The lowest BCUT2D eigenvalue weighted by Crippen LogP contribution is -2.17. The average molecular weight is 363 g/mol. The number of rotatable bonds is 5. The molecule has 27 heavy (non-hydrogen) atoms. The number of ketones is 1. The van der Waals surface area contributed by atoms with Crippen LogP contribution in [0.2, 0.25) is 0 Å². The highest BCUT2D eigenvalue weighted by atomic mass is 16.8. The third-order valence-corrected chi connectivity index (χ3v) is 3.68. The maximum atomic E-state index is 12.5. The summed E-state index contributed by atoms with van der Waals surface area (Å²) >= 11 is 0. The first-order valence-corrected chi connectivity index (χ1v) is 7.98. The smallest absolute Gasteiger partial charge is 0.417 e. The molecule has 0 spiro atoms. The number of carbonyl (C=O) groups is 2. The van der Waals surface area contributed by atoms with Crippen LogP contribution in [-0.2, 0) is 0 Å². The number of ether oxygens (including phenoxy) is 1. The van der Waals surface area contributed by atoms with Gasteiger partial charge in [-0.05, 0) is 36.4 Å². The Morgan fingerprint density at radius 2 is 1.56 bits per heavy atom.